The number of carbonyl (C=O) groups is 1. The minimum atomic E-state index is -3.98. The lowest BCUT2D eigenvalue weighted by molar-refractivity contribution is 0.0645. The van der Waals surface area contributed by atoms with E-state index < -0.39 is 15.0 Å². The van der Waals surface area contributed by atoms with Crippen LogP contribution in [0.15, 0.2) is 23.1 Å². The van der Waals surface area contributed by atoms with Gasteiger partial charge in [0.1, 0.15) is 17.9 Å². The molecule has 0 saturated carbocycles. The van der Waals surface area contributed by atoms with Crippen molar-refractivity contribution in [2.45, 2.75) is 17.9 Å². The molecule has 1 aromatic rings. The van der Waals surface area contributed by atoms with Crippen LogP contribution in [0.3, 0.4) is 0 Å². The quantitative estimate of drug-likeness (QED) is 0.805. The molecule has 1 unspecified atom stereocenters. The van der Waals surface area contributed by atoms with Crippen molar-refractivity contribution in [3.8, 4) is 5.75 Å². The summed E-state index contributed by atoms with van der Waals surface area (Å²) in [6.45, 7) is 1.89. The Kier molecular flexibility index (Phi) is 5.16. The van der Waals surface area contributed by atoms with Gasteiger partial charge in [-0.05, 0) is 25.1 Å². The maximum absolute atomic E-state index is 11.1. The Bertz CT molecular complexity index is 569. The molecule has 0 heterocycles. The van der Waals surface area contributed by atoms with E-state index in [-0.39, 0.29) is 28.9 Å². The first-order chi connectivity index (χ1) is 8.75. The average molecular weight is 309 g/mol. The van der Waals surface area contributed by atoms with E-state index in [2.05, 4.69) is 0 Å². The van der Waals surface area contributed by atoms with E-state index in [1.165, 1.54) is 19.2 Å². The molecule has 106 valence electrons. The number of hydrogen-bond donors (Lipinski definition) is 1. The van der Waals surface area contributed by atoms with Crippen LogP contribution in [0.1, 0.15) is 17.3 Å². The standard InChI is InChI=1S/C11H13ClO6S/c1-7(17-2)6-18-10-4-3-8(19(12,15)16)5-9(10)11(13)14/h3-5,7H,6H2,1-2H3,(H,13,14). The summed E-state index contributed by atoms with van der Waals surface area (Å²) in [6, 6.07) is 3.39. The lowest BCUT2D eigenvalue weighted by Gasteiger charge is -2.13. The van der Waals surface area contributed by atoms with Crippen LogP contribution in [-0.4, -0.2) is 39.3 Å². The molecule has 0 spiro atoms. The van der Waals surface area contributed by atoms with Crippen molar-refractivity contribution in [3.05, 3.63) is 23.8 Å². The van der Waals surface area contributed by atoms with Gasteiger partial charge >= 0.3 is 5.97 Å². The Morgan fingerprint density at radius 2 is 2.11 bits per heavy atom. The van der Waals surface area contributed by atoms with Gasteiger partial charge in [0.2, 0.25) is 0 Å². The van der Waals surface area contributed by atoms with Crippen molar-refractivity contribution < 1.29 is 27.8 Å². The molecule has 1 atom stereocenters. The fourth-order valence-corrected chi connectivity index (χ4v) is 2.01. The highest BCUT2D eigenvalue weighted by Crippen LogP contribution is 2.25. The molecule has 0 aromatic heterocycles. The van der Waals surface area contributed by atoms with Gasteiger partial charge in [-0.2, -0.15) is 0 Å². The topological polar surface area (TPSA) is 89.9 Å². The van der Waals surface area contributed by atoms with Crippen LogP contribution in [0.5, 0.6) is 5.75 Å². The van der Waals surface area contributed by atoms with E-state index >= 15 is 0 Å². The molecule has 6 nitrogen and oxygen atoms in total. The van der Waals surface area contributed by atoms with Crippen molar-refractivity contribution in [1.29, 1.82) is 0 Å². The minimum Gasteiger partial charge on any atom is -0.490 e. The van der Waals surface area contributed by atoms with Gasteiger partial charge in [-0.3, -0.25) is 0 Å². The molecule has 0 aliphatic rings. The Labute approximate surface area is 115 Å². The fraction of sp³-hybridized carbons (Fsp3) is 0.364. The molecule has 0 aliphatic heterocycles. The highest BCUT2D eigenvalue weighted by atomic mass is 35.7. The van der Waals surface area contributed by atoms with Crippen LogP contribution in [0.4, 0.5) is 0 Å². The van der Waals surface area contributed by atoms with Gasteiger partial charge in [0.15, 0.2) is 0 Å². The number of halogens is 1. The van der Waals surface area contributed by atoms with Crippen LogP contribution in [-0.2, 0) is 13.8 Å². The van der Waals surface area contributed by atoms with Crippen LogP contribution < -0.4 is 4.74 Å². The van der Waals surface area contributed by atoms with Crippen LogP contribution in [0.25, 0.3) is 0 Å². The lowest BCUT2D eigenvalue weighted by atomic mass is 10.2. The Hall–Kier alpha value is -1.31. The van der Waals surface area contributed by atoms with Crippen molar-refractivity contribution in [2.75, 3.05) is 13.7 Å². The zero-order valence-electron chi connectivity index (χ0n) is 10.3. The zero-order chi connectivity index (χ0) is 14.6. The van der Waals surface area contributed by atoms with E-state index in [1.807, 2.05) is 0 Å². The van der Waals surface area contributed by atoms with Crippen molar-refractivity contribution in [2.24, 2.45) is 0 Å². The summed E-state index contributed by atoms with van der Waals surface area (Å²) < 4.78 is 32.5. The van der Waals surface area contributed by atoms with Gasteiger partial charge < -0.3 is 14.6 Å². The Morgan fingerprint density at radius 3 is 2.58 bits per heavy atom. The molecule has 0 fully saturated rings. The summed E-state index contributed by atoms with van der Waals surface area (Å²) in [5.41, 5.74) is -0.273. The Morgan fingerprint density at radius 1 is 1.47 bits per heavy atom. The van der Waals surface area contributed by atoms with Gasteiger partial charge in [-0.25, -0.2) is 13.2 Å². The molecule has 0 amide bonds. The molecule has 1 N–H and O–H groups in total. The molecule has 0 bridgehead atoms. The van der Waals surface area contributed by atoms with E-state index in [0.717, 1.165) is 6.07 Å². The smallest absolute Gasteiger partial charge is 0.339 e. The SMILES string of the molecule is COC(C)COc1ccc(S(=O)(=O)Cl)cc1C(=O)O. The molecule has 1 rings (SSSR count). The first kappa shape index (κ1) is 15.7. The largest absolute Gasteiger partial charge is 0.490 e. The number of rotatable bonds is 6. The second kappa shape index (κ2) is 6.23. The van der Waals surface area contributed by atoms with E-state index in [1.54, 1.807) is 6.92 Å². The molecule has 8 heteroatoms. The summed E-state index contributed by atoms with van der Waals surface area (Å²) in [5.74, 6) is -1.25. The molecular weight excluding hydrogens is 296 g/mol. The molecule has 1 aromatic carbocycles. The van der Waals surface area contributed by atoms with Gasteiger partial charge in [0.05, 0.1) is 11.0 Å². The first-order valence-corrected chi connectivity index (χ1v) is 7.54. The highest BCUT2D eigenvalue weighted by molar-refractivity contribution is 8.13. The highest BCUT2D eigenvalue weighted by Gasteiger charge is 2.18. The number of benzene rings is 1. The third-order valence-electron chi connectivity index (χ3n) is 2.34. The summed E-state index contributed by atoms with van der Waals surface area (Å²) >= 11 is 0. The van der Waals surface area contributed by atoms with Gasteiger partial charge in [-0.1, -0.05) is 0 Å². The van der Waals surface area contributed by atoms with E-state index in [0.29, 0.717) is 0 Å². The maximum Gasteiger partial charge on any atom is 0.339 e. The van der Waals surface area contributed by atoms with Crippen LogP contribution in [0, 0.1) is 0 Å². The lowest BCUT2D eigenvalue weighted by Crippen LogP contribution is -2.17. The summed E-state index contributed by atoms with van der Waals surface area (Å²) in [5, 5.41) is 9.03. The monoisotopic (exact) mass is 308 g/mol. The third-order valence-corrected chi connectivity index (χ3v) is 3.69. The van der Waals surface area contributed by atoms with E-state index in [9.17, 15) is 13.2 Å². The van der Waals surface area contributed by atoms with Crippen molar-refractivity contribution >= 4 is 25.7 Å². The normalized spacial score (nSPS) is 13.0. The number of aromatic carboxylic acids is 1. The number of methoxy groups -OCH3 is 1. The summed E-state index contributed by atoms with van der Waals surface area (Å²) in [6.07, 6.45) is -0.224. The van der Waals surface area contributed by atoms with E-state index in [4.69, 9.17) is 25.3 Å². The van der Waals surface area contributed by atoms with Crippen LogP contribution in [0.2, 0.25) is 0 Å². The second-order valence-electron chi connectivity index (χ2n) is 3.76. The van der Waals surface area contributed by atoms with Crippen molar-refractivity contribution in [3.63, 3.8) is 0 Å². The van der Waals surface area contributed by atoms with Crippen molar-refractivity contribution in [1.82, 2.24) is 0 Å². The zero-order valence-corrected chi connectivity index (χ0v) is 11.9. The second-order valence-corrected chi connectivity index (χ2v) is 6.32. The maximum atomic E-state index is 11.1. The number of carboxylic acid groups (broad SMARTS) is 1. The van der Waals surface area contributed by atoms with Crippen LogP contribution >= 0.6 is 10.7 Å². The Balaban J connectivity index is 3.09. The first-order valence-electron chi connectivity index (χ1n) is 5.23. The van der Waals surface area contributed by atoms with Gasteiger partial charge in [-0.15, -0.1) is 0 Å². The molecule has 0 aliphatic carbocycles. The predicted molar refractivity (Wildman–Crippen MR) is 68.4 cm³/mol. The third kappa shape index (κ3) is 4.38. The summed E-state index contributed by atoms with van der Waals surface area (Å²) in [7, 11) is 2.67. The number of hydrogen-bond acceptors (Lipinski definition) is 5. The van der Waals surface area contributed by atoms with Gasteiger partial charge in [0, 0.05) is 17.8 Å². The summed E-state index contributed by atoms with van der Waals surface area (Å²) in [4.78, 5) is 10.8. The average Bonchev–Trinajstić information content (AvgIpc) is 2.34. The molecule has 0 radical (unpaired) electrons. The minimum absolute atomic E-state index is 0.0560. The number of ether oxygens (including phenoxy) is 2. The number of carboxylic acids is 1. The van der Waals surface area contributed by atoms with Gasteiger partial charge in [0.25, 0.3) is 9.05 Å². The molecule has 19 heavy (non-hydrogen) atoms. The molecule has 0 saturated heterocycles. The molecular formula is C11H13ClO6S. The predicted octanol–water partition coefficient (Wildman–Crippen LogP) is 1.73. The fourth-order valence-electron chi connectivity index (χ4n) is 1.23.